The predicted molar refractivity (Wildman–Crippen MR) is 84.9 cm³/mol. The van der Waals surface area contributed by atoms with E-state index < -0.39 is 35.6 Å². The van der Waals surface area contributed by atoms with Crippen molar-refractivity contribution in [1.29, 1.82) is 0 Å². The van der Waals surface area contributed by atoms with Crippen LogP contribution in [0, 0.1) is 10.1 Å². The summed E-state index contributed by atoms with van der Waals surface area (Å²) < 4.78 is 49.0. The van der Waals surface area contributed by atoms with E-state index in [4.69, 9.17) is 5.14 Å². The number of primary sulfonamides is 1. The van der Waals surface area contributed by atoms with E-state index in [1.807, 2.05) is 0 Å². The number of nitro benzene ring substituents is 1. The van der Waals surface area contributed by atoms with Crippen LogP contribution in [-0.4, -0.2) is 21.8 Å². The molecular formula is C13H13N3O6S2. The molecule has 3 N–H and O–H groups in total. The predicted octanol–water partition coefficient (Wildman–Crippen LogP) is 0.721. The summed E-state index contributed by atoms with van der Waals surface area (Å²) in [5, 5.41) is 15.9. The lowest BCUT2D eigenvalue weighted by molar-refractivity contribution is -0.387. The summed E-state index contributed by atoms with van der Waals surface area (Å²) in [5.41, 5.74) is -0.0702. The first-order chi connectivity index (χ1) is 11.1. The maximum atomic E-state index is 12.2. The fourth-order valence-electron chi connectivity index (χ4n) is 1.89. The van der Waals surface area contributed by atoms with Crippen LogP contribution in [0.4, 0.5) is 5.69 Å². The van der Waals surface area contributed by atoms with Gasteiger partial charge in [0.05, 0.1) is 9.82 Å². The van der Waals surface area contributed by atoms with E-state index >= 15 is 0 Å². The van der Waals surface area contributed by atoms with Crippen molar-refractivity contribution >= 4 is 25.7 Å². The summed E-state index contributed by atoms with van der Waals surface area (Å²) in [6, 6.07) is 10.2. The fraction of sp³-hybridized carbons (Fsp3) is 0.0769. The average molecular weight is 371 g/mol. The molecular weight excluding hydrogens is 358 g/mol. The summed E-state index contributed by atoms with van der Waals surface area (Å²) in [7, 11) is -7.94. The zero-order valence-electron chi connectivity index (χ0n) is 12.1. The fourth-order valence-corrected chi connectivity index (χ4v) is 3.59. The third kappa shape index (κ3) is 4.14. The Morgan fingerprint density at radius 3 is 2.12 bits per heavy atom. The van der Waals surface area contributed by atoms with E-state index in [-0.39, 0.29) is 11.4 Å². The summed E-state index contributed by atoms with van der Waals surface area (Å²) in [6.07, 6.45) is 0. The molecule has 0 aliphatic carbocycles. The third-order valence-corrected chi connectivity index (χ3v) is 5.45. The molecule has 0 aliphatic heterocycles. The number of nitrogens with zero attached hydrogens (tertiary/aromatic N) is 1. The molecule has 0 atom stereocenters. The maximum absolute atomic E-state index is 12.2. The van der Waals surface area contributed by atoms with Gasteiger partial charge in [-0.15, -0.1) is 0 Å². The second-order valence-corrected chi connectivity index (χ2v) is 8.04. The Kier molecular flexibility index (Phi) is 4.99. The number of sulfonamides is 2. The lowest BCUT2D eigenvalue weighted by atomic mass is 10.2. The molecule has 0 amide bonds. The number of benzene rings is 2. The highest BCUT2D eigenvalue weighted by Crippen LogP contribution is 2.22. The SMILES string of the molecule is NS(=O)(=O)c1ccc(CNS(=O)(=O)c2ccccc2[N+](=O)[O-])cc1. The minimum atomic E-state index is -4.11. The summed E-state index contributed by atoms with van der Waals surface area (Å²) >= 11 is 0. The minimum Gasteiger partial charge on any atom is -0.258 e. The Morgan fingerprint density at radius 1 is 1.00 bits per heavy atom. The van der Waals surface area contributed by atoms with E-state index in [9.17, 15) is 26.9 Å². The Balaban J connectivity index is 2.21. The van der Waals surface area contributed by atoms with E-state index in [1.54, 1.807) is 0 Å². The van der Waals surface area contributed by atoms with Crippen LogP contribution in [0.25, 0.3) is 0 Å². The summed E-state index contributed by atoms with van der Waals surface area (Å²) in [5.74, 6) is 0. The lowest BCUT2D eigenvalue weighted by Gasteiger charge is -2.08. The molecule has 0 fully saturated rings. The summed E-state index contributed by atoms with van der Waals surface area (Å²) in [4.78, 5) is 9.58. The zero-order valence-corrected chi connectivity index (χ0v) is 13.7. The van der Waals surface area contributed by atoms with Crippen molar-refractivity contribution in [2.75, 3.05) is 0 Å². The van der Waals surface area contributed by atoms with E-state index in [0.717, 1.165) is 12.1 Å². The van der Waals surface area contributed by atoms with Crippen molar-refractivity contribution in [3.63, 3.8) is 0 Å². The Morgan fingerprint density at radius 2 is 1.58 bits per heavy atom. The molecule has 0 heterocycles. The number of hydrogen-bond donors (Lipinski definition) is 2. The van der Waals surface area contributed by atoms with Crippen molar-refractivity contribution in [3.05, 3.63) is 64.2 Å². The van der Waals surface area contributed by atoms with Crippen LogP contribution in [0.15, 0.2) is 58.3 Å². The van der Waals surface area contributed by atoms with Gasteiger partial charge in [-0.05, 0) is 23.8 Å². The molecule has 0 radical (unpaired) electrons. The molecule has 24 heavy (non-hydrogen) atoms. The Hall–Kier alpha value is -2.34. The molecule has 11 heteroatoms. The van der Waals surface area contributed by atoms with Crippen LogP contribution >= 0.6 is 0 Å². The Labute approximate surface area is 138 Å². The van der Waals surface area contributed by atoms with Gasteiger partial charge in [0, 0.05) is 12.6 Å². The minimum absolute atomic E-state index is 0.104. The zero-order chi connectivity index (χ0) is 18.0. The molecule has 0 aromatic heterocycles. The van der Waals surface area contributed by atoms with Crippen LogP contribution in [0.1, 0.15) is 5.56 Å². The van der Waals surface area contributed by atoms with Crippen LogP contribution < -0.4 is 9.86 Å². The topological polar surface area (TPSA) is 149 Å². The smallest absolute Gasteiger partial charge is 0.258 e. The molecule has 0 saturated heterocycles. The standard InChI is InChI=1S/C13H13N3O6S2/c14-23(19,20)11-7-5-10(6-8-11)9-15-24(21,22)13-4-2-1-3-12(13)16(17)18/h1-8,15H,9H2,(H2,14,19,20). The largest absolute Gasteiger partial charge is 0.289 e. The van der Waals surface area contributed by atoms with E-state index in [1.165, 1.54) is 36.4 Å². The van der Waals surface area contributed by atoms with Gasteiger partial charge in [0.2, 0.25) is 20.0 Å². The van der Waals surface area contributed by atoms with Crippen LogP contribution in [0.3, 0.4) is 0 Å². The van der Waals surface area contributed by atoms with Gasteiger partial charge in [-0.25, -0.2) is 26.7 Å². The molecule has 2 rings (SSSR count). The van der Waals surface area contributed by atoms with E-state index in [0.29, 0.717) is 5.56 Å². The van der Waals surface area contributed by atoms with Crippen LogP contribution in [0.5, 0.6) is 0 Å². The average Bonchev–Trinajstić information content (AvgIpc) is 2.52. The highest BCUT2D eigenvalue weighted by atomic mass is 32.2. The van der Waals surface area contributed by atoms with Crippen molar-refractivity contribution in [1.82, 2.24) is 4.72 Å². The van der Waals surface area contributed by atoms with Crippen LogP contribution in [-0.2, 0) is 26.6 Å². The number of nitrogens with two attached hydrogens (primary N) is 1. The van der Waals surface area contributed by atoms with Crippen LogP contribution in [0.2, 0.25) is 0 Å². The van der Waals surface area contributed by atoms with Gasteiger partial charge in [-0.2, -0.15) is 0 Å². The molecule has 0 spiro atoms. The first-order valence-corrected chi connectivity index (χ1v) is 9.49. The molecule has 0 saturated carbocycles. The van der Waals surface area contributed by atoms with Gasteiger partial charge in [0.15, 0.2) is 4.90 Å². The number of nitrogens with one attached hydrogen (secondary N) is 1. The number of rotatable bonds is 6. The molecule has 0 aliphatic rings. The number of nitro groups is 1. The third-order valence-electron chi connectivity index (χ3n) is 3.07. The van der Waals surface area contributed by atoms with Crippen molar-refractivity contribution < 1.29 is 21.8 Å². The summed E-state index contributed by atoms with van der Waals surface area (Å²) in [6.45, 7) is -0.167. The molecule has 2 aromatic rings. The van der Waals surface area contributed by atoms with Crippen molar-refractivity contribution in [2.45, 2.75) is 16.3 Å². The van der Waals surface area contributed by atoms with Gasteiger partial charge in [0.25, 0.3) is 5.69 Å². The van der Waals surface area contributed by atoms with Gasteiger partial charge < -0.3 is 0 Å². The second-order valence-electron chi connectivity index (χ2n) is 4.74. The molecule has 0 bridgehead atoms. The number of para-hydroxylation sites is 1. The highest BCUT2D eigenvalue weighted by molar-refractivity contribution is 7.89. The normalized spacial score (nSPS) is 12.0. The first kappa shape index (κ1) is 18.0. The van der Waals surface area contributed by atoms with Gasteiger partial charge in [0.1, 0.15) is 0 Å². The maximum Gasteiger partial charge on any atom is 0.289 e. The van der Waals surface area contributed by atoms with Gasteiger partial charge >= 0.3 is 0 Å². The molecule has 0 unspecified atom stereocenters. The van der Waals surface area contributed by atoms with Crippen molar-refractivity contribution in [3.8, 4) is 0 Å². The highest BCUT2D eigenvalue weighted by Gasteiger charge is 2.24. The quantitative estimate of drug-likeness (QED) is 0.564. The second kappa shape index (κ2) is 6.65. The van der Waals surface area contributed by atoms with Crippen molar-refractivity contribution in [2.24, 2.45) is 5.14 Å². The van der Waals surface area contributed by atoms with Gasteiger partial charge in [-0.3, -0.25) is 10.1 Å². The van der Waals surface area contributed by atoms with Gasteiger partial charge in [-0.1, -0.05) is 24.3 Å². The molecule has 2 aromatic carbocycles. The molecule has 128 valence electrons. The lowest BCUT2D eigenvalue weighted by Crippen LogP contribution is -2.24. The molecule has 9 nitrogen and oxygen atoms in total. The first-order valence-electron chi connectivity index (χ1n) is 6.46. The number of hydrogen-bond acceptors (Lipinski definition) is 6. The monoisotopic (exact) mass is 371 g/mol. The van der Waals surface area contributed by atoms with E-state index in [2.05, 4.69) is 4.72 Å². The Bertz CT molecular complexity index is 969.